The molecule has 0 aliphatic carbocycles. The zero-order chi connectivity index (χ0) is 15.0. The Bertz CT molecular complexity index is 819. The average Bonchev–Trinajstić information content (AvgIpc) is 2.51. The number of rotatable bonds is 2. The van der Waals surface area contributed by atoms with E-state index in [9.17, 15) is 9.50 Å². The van der Waals surface area contributed by atoms with Gasteiger partial charge in [-0.1, -0.05) is 41.9 Å². The summed E-state index contributed by atoms with van der Waals surface area (Å²) in [5.74, 6) is -0.633. The Balaban J connectivity index is 2.17. The number of nitrogens with zero attached hydrogens (tertiary/aromatic N) is 1. The maximum atomic E-state index is 14.3. The normalized spacial score (nSPS) is 12.6. The molecule has 0 spiro atoms. The highest BCUT2D eigenvalue weighted by molar-refractivity contribution is 9.10. The van der Waals surface area contributed by atoms with Gasteiger partial charge in [0, 0.05) is 33.4 Å². The summed E-state index contributed by atoms with van der Waals surface area (Å²) >= 11 is 9.04. The molecule has 1 atom stereocenters. The van der Waals surface area contributed by atoms with Gasteiger partial charge in [-0.05, 0) is 27.4 Å². The molecule has 2 aromatic carbocycles. The zero-order valence-electron chi connectivity index (χ0n) is 10.7. The van der Waals surface area contributed by atoms with Gasteiger partial charge in [0.15, 0.2) is 0 Å². The predicted octanol–water partition coefficient (Wildman–Crippen LogP) is 4.87. The van der Waals surface area contributed by atoms with Gasteiger partial charge in [0.1, 0.15) is 11.9 Å². The van der Waals surface area contributed by atoms with E-state index < -0.39 is 11.9 Å². The van der Waals surface area contributed by atoms with E-state index in [-0.39, 0.29) is 10.6 Å². The average molecular weight is 367 g/mol. The zero-order valence-corrected chi connectivity index (χ0v) is 13.1. The maximum absolute atomic E-state index is 14.3. The van der Waals surface area contributed by atoms with Gasteiger partial charge in [-0.25, -0.2) is 4.39 Å². The fourth-order valence-corrected chi connectivity index (χ4v) is 2.76. The number of fused-ring (bicyclic) bond motifs is 1. The second-order valence-electron chi connectivity index (χ2n) is 4.62. The molecule has 1 unspecified atom stereocenters. The van der Waals surface area contributed by atoms with E-state index in [2.05, 4.69) is 20.9 Å². The molecule has 0 saturated carbocycles. The first-order valence-electron chi connectivity index (χ1n) is 6.23. The van der Waals surface area contributed by atoms with Crippen LogP contribution in [-0.2, 0) is 0 Å². The Morgan fingerprint density at radius 1 is 1.10 bits per heavy atom. The summed E-state index contributed by atoms with van der Waals surface area (Å²) in [7, 11) is 0. The Labute approximate surface area is 134 Å². The minimum absolute atomic E-state index is 0.0419. The van der Waals surface area contributed by atoms with Crippen LogP contribution in [0.15, 0.2) is 53.3 Å². The van der Waals surface area contributed by atoms with E-state index >= 15 is 0 Å². The molecule has 1 heterocycles. The monoisotopic (exact) mass is 365 g/mol. The van der Waals surface area contributed by atoms with Crippen molar-refractivity contribution >= 4 is 38.3 Å². The van der Waals surface area contributed by atoms with Crippen molar-refractivity contribution in [3.8, 4) is 0 Å². The molecule has 106 valence electrons. The maximum Gasteiger partial charge on any atom is 0.149 e. The van der Waals surface area contributed by atoms with Gasteiger partial charge in [-0.3, -0.25) is 4.98 Å². The lowest BCUT2D eigenvalue weighted by atomic mass is 9.98. The molecule has 1 aromatic heterocycles. The number of hydrogen-bond acceptors (Lipinski definition) is 2. The van der Waals surface area contributed by atoms with Crippen molar-refractivity contribution in [2.75, 3.05) is 0 Å². The molecular weight excluding hydrogens is 357 g/mol. The number of aliphatic hydroxyl groups excluding tert-OH is 1. The van der Waals surface area contributed by atoms with Crippen LogP contribution in [0.5, 0.6) is 0 Å². The fraction of sp³-hybridized carbons (Fsp3) is 0.0625. The van der Waals surface area contributed by atoms with Gasteiger partial charge in [0.2, 0.25) is 0 Å². The minimum atomic E-state index is -1.13. The molecule has 0 saturated heterocycles. The Morgan fingerprint density at radius 2 is 1.86 bits per heavy atom. The summed E-state index contributed by atoms with van der Waals surface area (Å²) in [6, 6.07) is 10.6. The molecule has 21 heavy (non-hydrogen) atoms. The van der Waals surface area contributed by atoms with E-state index in [4.69, 9.17) is 11.6 Å². The number of halogens is 3. The lowest BCUT2D eigenvalue weighted by molar-refractivity contribution is 0.216. The SMILES string of the molecule is OC(c1ccc(Br)c(Cl)c1F)c1cncc2ccccc12. The second-order valence-corrected chi connectivity index (χ2v) is 5.85. The van der Waals surface area contributed by atoms with Crippen LogP contribution in [0.2, 0.25) is 5.02 Å². The first kappa shape index (κ1) is 14.4. The highest BCUT2D eigenvalue weighted by atomic mass is 79.9. The summed E-state index contributed by atoms with van der Waals surface area (Å²) in [6.07, 6.45) is 2.12. The van der Waals surface area contributed by atoms with Crippen LogP contribution in [0.4, 0.5) is 4.39 Å². The molecule has 0 radical (unpaired) electrons. The van der Waals surface area contributed by atoms with Crippen LogP contribution in [0.1, 0.15) is 17.2 Å². The lowest BCUT2D eigenvalue weighted by Gasteiger charge is -2.15. The highest BCUT2D eigenvalue weighted by Gasteiger charge is 2.20. The summed E-state index contributed by atoms with van der Waals surface area (Å²) in [6.45, 7) is 0. The van der Waals surface area contributed by atoms with Crippen molar-refractivity contribution in [2.45, 2.75) is 6.10 Å². The third kappa shape index (κ3) is 2.55. The van der Waals surface area contributed by atoms with Crippen LogP contribution in [0.3, 0.4) is 0 Å². The van der Waals surface area contributed by atoms with E-state index in [1.54, 1.807) is 18.5 Å². The van der Waals surface area contributed by atoms with Crippen LogP contribution in [0.25, 0.3) is 10.8 Å². The molecular formula is C16H10BrClFNO. The minimum Gasteiger partial charge on any atom is -0.383 e. The van der Waals surface area contributed by atoms with Gasteiger partial charge in [0.25, 0.3) is 0 Å². The molecule has 1 N–H and O–H groups in total. The van der Waals surface area contributed by atoms with Crippen molar-refractivity contribution in [1.29, 1.82) is 0 Å². The van der Waals surface area contributed by atoms with Crippen molar-refractivity contribution in [3.05, 3.63) is 75.2 Å². The van der Waals surface area contributed by atoms with Crippen LogP contribution in [0, 0.1) is 5.82 Å². The molecule has 2 nitrogen and oxygen atoms in total. The molecule has 0 aliphatic heterocycles. The van der Waals surface area contributed by atoms with Crippen LogP contribution < -0.4 is 0 Å². The van der Waals surface area contributed by atoms with Gasteiger partial charge >= 0.3 is 0 Å². The third-order valence-corrected chi connectivity index (χ3v) is 4.61. The standard InChI is InChI=1S/C16H10BrClFNO/c17-13-6-5-11(15(19)14(13)18)16(21)12-8-20-7-9-3-1-2-4-10(9)12/h1-8,16,21H. The van der Waals surface area contributed by atoms with Crippen molar-refractivity contribution < 1.29 is 9.50 Å². The van der Waals surface area contributed by atoms with E-state index in [0.29, 0.717) is 10.0 Å². The van der Waals surface area contributed by atoms with Gasteiger partial charge in [0.05, 0.1) is 5.02 Å². The number of aromatic nitrogens is 1. The summed E-state index contributed by atoms with van der Waals surface area (Å²) < 4.78 is 14.7. The van der Waals surface area contributed by atoms with Gasteiger partial charge < -0.3 is 5.11 Å². The Kier molecular flexibility index (Phi) is 3.93. The Morgan fingerprint density at radius 3 is 2.67 bits per heavy atom. The predicted molar refractivity (Wildman–Crippen MR) is 84.9 cm³/mol. The summed E-state index contributed by atoms with van der Waals surface area (Å²) in [5, 5.41) is 12.2. The molecule has 0 bridgehead atoms. The molecule has 0 aliphatic rings. The molecule has 5 heteroatoms. The van der Waals surface area contributed by atoms with Crippen LogP contribution >= 0.6 is 27.5 Å². The molecule has 0 fully saturated rings. The Hall–Kier alpha value is -1.49. The van der Waals surface area contributed by atoms with Crippen molar-refractivity contribution in [1.82, 2.24) is 4.98 Å². The van der Waals surface area contributed by atoms with Gasteiger partial charge in [-0.15, -0.1) is 0 Å². The molecule has 3 aromatic rings. The summed E-state index contributed by atoms with van der Waals surface area (Å²) in [5.41, 5.74) is 0.673. The number of pyridine rings is 1. The number of aliphatic hydroxyl groups is 1. The summed E-state index contributed by atoms with van der Waals surface area (Å²) in [4.78, 5) is 4.10. The lowest BCUT2D eigenvalue weighted by Crippen LogP contribution is -2.04. The van der Waals surface area contributed by atoms with Crippen molar-refractivity contribution in [2.24, 2.45) is 0 Å². The number of benzene rings is 2. The quantitative estimate of drug-likeness (QED) is 0.656. The molecule has 0 amide bonds. The first-order chi connectivity index (χ1) is 10.1. The largest absolute Gasteiger partial charge is 0.383 e. The second kappa shape index (κ2) is 5.72. The van der Waals surface area contributed by atoms with E-state index in [1.807, 2.05) is 24.3 Å². The highest BCUT2D eigenvalue weighted by Crippen LogP contribution is 2.34. The van der Waals surface area contributed by atoms with Gasteiger partial charge in [-0.2, -0.15) is 0 Å². The smallest absolute Gasteiger partial charge is 0.149 e. The number of hydrogen-bond donors (Lipinski definition) is 1. The van der Waals surface area contributed by atoms with E-state index in [1.165, 1.54) is 6.07 Å². The fourth-order valence-electron chi connectivity index (χ4n) is 2.28. The molecule has 3 rings (SSSR count). The van der Waals surface area contributed by atoms with Crippen molar-refractivity contribution in [3.63, 3.8) is 0 Å². The van der Waals surface area contributed by atoms with Crippen LogP contribution in [-0.4, -0.2) is 10.1 Å². The first-order valence-corrected chi connectivity index (χ1v) is 7.41. The van der Waals surface area contributed by atoms with E-state index in [0.717, 1.165) is 10.8 Å². The topological polar surface area (TPSA) is 33.1 Å². The third-order valence-electron chi connectivity index (χ3n) is 3.35.